The van der Waals surface area contributed by atoms with Crippen LogP contribution < -0.4 is 0 Å². The zero-order valence-electron chi connectivity index (χ0n) is 11.1. The lowest BCUT2D eigenvalue weighted by atomic mass is 10.1. The van der Waals surface area contributed by atoms with Gasteiger partial charge in [-0.2, -0.15) is 0 Å². The standard InChI is InChI=1S/C14H19N3OS/c1-9-7-10-13(15-8-9)17(14(19)16-10)11-5-3-2-4-6-12(11)18/h7-8,11-12,18H,2-6H2,1H3,(H,16,19). The molecule has 4 nitrogen and oxygen atoms in total. The van der Waals surface area contributed by atoms with Gasteiger partial charge in [-0.3, -0.25) is 4.57 Å². The van der Waals surface area contributed by atoms with Crippen LogP contribution in [-0.4, -0.2) is 25.7 Å². The minimum absolute atomic E-state index is 0.0546. The van der Waals surface area contributed by atoms with Crippen molar-refractivity contribution in [1.82, 2.24) is 14.5 Å². The summed E-state index contributed by atoms with van der Waals surface area (Å²) in [6.45, 7) is 2.02. The highest BCUT2D eigenvalue weighted by Crippen LogP contribution is 2.30. The van der Waals surface area contributed by atoms with Gasteiger partial charge in [0.05, 0.1) is 17.7 Å². The molecular weight excluding hydrogens is 258 g/mol. The summed E-state index contributed by atoms with van der Waals surface area (Å²) in [4.78, 5) is 7.71. The Hall–Kier alpha value is -1.20. The van der Waals surface area contributed by atoms with E-state index in [4.69, 9.17) is 12.2 Å². The molecule has 0 saturated heterocycles. The van der Waals surface area contributed by atoms with Crippen LogP contribution in [-0.2, 0) is 0 Å². The molecule has 2 N–H and O–H groups in total. The third kappa shape index (κ3) is 2.32. The van der Waals surface area contributed by atoms with E-state index < -0.39 is 0 Å². The molecule has 1 aliphatic rings. The van der Waals surface area contributed by atoms with E-state index in [9.17, 15) is 5.11 Å². The van der Waals surface area contributed by atoms with Gasteiger partial charge in [-0.1, -0.05) is 19.3 Å². The number of hydrogen-bond donors (Lipinski definition) is 2. The monoisotopic (exact) mass is 277 g/mol. The lowest BCUT2D eigenvalue weighted by Crippen LogP contribution is -2.23. The normalized spacial score (nSPS) is 24.5. The van der Waals surface area contributed by atoms with Crippen molar-refractivity contribution in [3.63, 3.8) is 0 Å². The zero-order chi connectivity index (χ0) is 13.4. The van der Waals surface area contributed by atoms with Crippen LogP contribution >= 0.6 is 12.2 Å². The molecule has 0 radical (unpaired) electrons. The third-order valence-corrected chi connectivity index (χ3v) is 4.27. The molecule has 0 spiro atoms. The van der Waals surface area contributed by atoms with E-state index in [0.717, 1.165) is 42.4 Å². The maximum absolute atomic E-state index is 10.4. The van der Waals surface area contributed by atoms with Crippen molar-refractivity contribution in [2.45, 2.75) is 51.2 Å². The molecule has 0 bridgehead atoms. The number of imidazole rings is 1. The average molecular weight is 277 g/mol. The Balaban J connectivity index is 2.13. The molecule has 0 aliphatic heterocycles. The predicted molar refractivity (Wildman–Crippen MR) is 77.8 cm³/mol. The number of nitrogens with zero attached hydrogens (tertiary/aromatic N) is 2. The van der Waals surface area contributed by atoms with Crippen LogP contribution in [0.4, 0.5) is 0 Å². The summed E-state index contributed by atoms with van der Waals surface area (Å²) in [6, 6.07) is 2.11. The zero-order valence-corrected chi connectivity index (χ0v) is 11.9. The maximum atomic E-state index is 10.4. The molecule has 0 aromatic carbocycles. The number of fused-ring (bicyclic) bond motifs is 1. The molecule has 5 heteroatoms. The molecule has 2 aromatic heterocycles. The molecule has 19 heavy (non-hydrogen) atoms. The lowest BCUT2D eigenvalue weighted by Gasteiger charge is -2.22. The maximum Gasteiger partial charge on any atom is 0.179 e. The summed E-state index contributed by atoms with van der Waals surface area (Å²) in [5.74, 6) is 0. The van der Waals surface area contributed by atoms with Crippen molar-refractivity contribution in [2.24, 2.45) is 0 Å². The second-order valence-electron chi connectivity index (χ2n) is 5.46. The fourth-order valence-corrected chi connectivity index (χ4v) is 3.33. The van der Waals surface area contributed by atoms with E-state index in [2.05, 4.69) is 16.0 Å². The van der Waals surface area contributed by atoms with Crippen LogP contribution in [0.1, 0.15) is 43.7 Å². The van der Waals surface area contributed by atoms with E-state index in [1.54, 1.807) is 0 Å². The number of aryl methyl sites for hydroxylation is 1. The average Bonchev–Trinajstić information content (AvgIpc) is 2.54. The molecule has 1 saturated carbocycles. The van der Waals surface area contributed by atoms with Crippen LogP contribution in [0.5, 0.6) is 0 Å². The number of pyridine rings is 1. The smallest absolute Gasteiger partial charge is 0.179 e. The Labute approximate surface area is 117 Å². The van der Waals surface area contributed by atoms with E-state index in [-0.39, 0.29) is 12.1 Å². The number of rotatable bonds is 1. The first-order chi connectivity index (χ1) is 9.16. The minimum atomic E-state index is -0.323. The second kappa shape index (κ2) is 5.06. The Morgan fingerprint density at radius 2 is 2.16 bits per heavy atom. The van der Waals surface area contributed by atoms with Crippen molar-refractivity contribution in [3.05, 3.63) is 22.6 Å². The van der Waals surface area contributed by atoms with Gasteiger partial charge in [-0.15, -0.1) is 0 Å². The van der Waals surface area contributed by atoms with Gasteiger partial charge in [-0.25, -0.2) is 4.98 Å². The molecule has 0 amide bonds. The van der Waals surface area contributed by atoms with Crippen LogP contribution in [0.2, 0.25) is 0 Å². The lowest BCUT2D eigenvalue weighted by molar-refractivity contribution is 0.106. The van der Waals surface area contributed by atoms with E-state index in [1.165, 1.54) is 6.42 Å². The second-order valence-corrected chi connectivity index (χ2v) is 5.84. The Bertz CT molecular complexity index is 646. The predicted octanol–water partition coefficient (Wildman–Crippen LogP) is 3.27. The van der Waals surface area contributed by atoms with Crippen LogP contribution in [0.15, 0.2) is 12.3 Å². The number of nitrogens with one attached hydrogen (secondary N) is 1. The highest BCUT2D eigenvalue weighted by molar-refractivity contribution is 7.71. The fourth-order valence-electron chi connectivity index (χ4n) is 2.99. The van der Waals surface area contributed by atoms with Crippen molar-refractivity contribution in [1.29, 1.82) is 0 Å². The van der Waals surface area contributed by atoms with Gasteiger partial charge in [0.1, 0.15) is 0 Å². The van der Waals surface area contributed by atoms with Gasteiger partial charge < -0.3 is 10.1 Å². The Morgan fingerprint density at radius 3 is 3.00 bits per heavy atom. The quantitative estimate of drug-likeness (QED) is 0.621. The number of H-pyrrole nitrogens is 1. The summed E-state index contributed by atoms with van der Waals surface area (Å²) < 4.78 is 2.68. The van der Waals surface area contributed by atoms with E-state index in [1.807, 2.05) is 17.7 Å². The minimum Gasteiger partial charge on any atom is -0.391 e. The van der Waals surface area contributed by atoms with Crippen molar-refractivity contribution in [3.8, 4) is 0 Å². The molecule has 102 valence electrons. The summed E-state index contributed by atoms with van der Waals surface area (Å²) in [7, 11) is 0. The number of aliphatic hydroxyl groups is 1. The molecule has 1 fully saturated rings. The van der Waals surface area contributed by atoms with Crippen molar-refractivity contribution < 1.29 is 5.11 Å². The Kier molecular flexibility index (Phi) is 3.41. The summed E-state index contributed by atoms with van der Waals surface area (Å²) in [5.41, 5.74) is 2.93. The highest BCUT2D eigenvalue weighted by atomic mass is 32.1. The molecule has 2 aromatic rings. The number of hydrogen-bond acceptors (Lipinski definition) is 3. The number of aromatic nitrogens is 3. The van der Waals surface area contributed by atoms with Crippen LogP contribution in [0.3, 0.4) is 0 Å². The first kappa shape index (κ1) is 12.8. The van der Waals surface area contributed by atoms with Crippen molar-refractivity contribution >= 4 is 23.4 Å². The first-order valence-electron chi connectivity index (χ1n) is 6.92. The summed E-state index contributed by atoms with van der Waals surface area (Å²) in [6.07, 6.45) is 6.78. The van der Waals surface area contributed by atoms with Gasteiger partial charge in [0.2, 0.25) is 0 Å². The highest BCUT2D eigenvalue weighted by Gasteiger charge is 2.25. The van der Waals surface area contributed by atoms with Crippen LogP contribution in [0, 0.1) is 11.7 Å². The third-order valence-electron chi connectivity index (χ3n) is 3.97. The summed E-state index contributed by atoms with van der Waals surface area (Å²) >= 11 is 5.43. The molecular formula is C14H19N3OS. The van der Waals surface area contributed by atoms with Gasteiger partial charge in [-0.05, 0) is 43.6 Å². The topological polar surface area (TPSA) is 53.8 Å². The number of aliphatic hydroxyl groups excluding tert-OH is 1. The molecule has 3 rings (SSSR count). The van der Waals surface area contributed by atoms with Gasteiger partial charge in [0.25, 0.3) is 0 Å². The van der Waals surface area contributed by atoms with E-state index in [0.29, 0.717) is 4.77 Å². The molecule has 2 atom stereocenters. The van der Waals surface area contributed by atoms with Gasteiger partial charge in [0, 0.05) is 6.20 Å². The first-order valence-corrected chi connectivity index (χ1v) is 7.32. The van der Waals surface area contributed by atoms with Crippen LogP contribution in [0.25, 0.3) is 11.2 Å². The largest absolute Gasteiger partial charge is 0.391 e. The van der Waals surface area contributed by atoms with Crippen molar-refractivity contribution in [2.75, 3.05) is 0 Å². The van der Waals surface area contributed by atoms with E-state index >= 15 is 0 Å². The SMILES string of the molecule is Cc1cnc2c(c1)[nH]c(=S)n2C1CCCCCC1O. The number of aromatic amines is 1. The van der Waals surface area contributed by atoms with Gasteiger partial charge in [0.15, 0.2) is 10.4 Å². The molecule has 1 aliphatic carbocycles. The molecule has 2 unspecified atom stereocenters. The fraction of sp³-hybridized carbons (Fsp3) is 0.571. The summed E-state index contributed by atoms with van der Waals surface area (Å²) in [5, 5.41) is 10.4. The Morgan fingerprint density at radius 1 is 1.37 bits per heavy atom. The molecule has 2 heterocycles. The van der Waals surface area contributed by atoms with Gasteiger partial charge >= 0.3 is 0 Å².